The standard InChI is InChI=1S/C66H120N6O6/c1-7-10-13-16-19-22-25-28-31-34-37-40-43-46-49-70(61(73)55(4)67)64(76)58-52-59(65(77)71(62(74)56(5)68)50-47-44-41-38-35-32-29-26-23-20-17-14-11-8-2)54-60(53-58)66(78)72(63(75)57(6)69)51-48-45-42-39-36-33-30-27-24-21-18-15-12-9-3/h52-57H,7-51,67-69H2,1-6H3/t55-,56-,57-/m0/s1. The van der Waals surface area contributed by atoms with Gasteiger partial charge in [-0.1, -0.05) is 271 Å². The maximum absolute atomic E-state index is 14.7. The molecule has 0 fully saturated rings. The molecule has 0 aliphatic heterocycles. The predicted octanol–water partition coefficient (Wildman–Crippen LogP) is 16.1. The second-order valence-electron chi connectivity index (χ2n) is 23.3. The van der Waals surface area contributed by atoms with Crippen molar-refractivity contribution < 1.29 is 28.8 Å². The molecular weight excluding hydrogens is 973 g/mol. The molecule has 1 rings (SSSR count). The first-order valence-electron chi connectivity index (χ1n) is 32.7. The first-order chi connectivity index (χ1) is 37.7. The van der Waals surface area contributed by atoms with E-state index in [0.29, 0.717) is 19.3 Å². The van der Waals surface area contributed by atoms with E-state index in [9.17, 15) is 28.8 Å². The van der Waals surface area contributed by atoms with Crippen LogP contribution in [0.5, 0.6) is 0 Å². The van der Waals surface area contributed by atoms with Crippen LogP contribution in [0.25, 0.3) is 0 Å². The van der Waals surface area contributed by atoms with Crippen molar-refractivity contribution in [2.75, 3.05) is 19.6 Å². The minimum atomic E-state index is -0.986. The van der Waals surface area contributed by atoms with Gasteiger partial charge in [-0.25, -0.2) is 0 Å². The molecule has 0 saturated heterocycles. The minimum absolute atomic E-state index is 0.0852. The lowest BCUT2D eigenvalue weighted by molar-refractivity contribution is -0.130. The Morgan fingerprint density at radius 2 is 0.423 bits per heavy atom. The van der Waals surface area contributed by atoms with Crippen LogP contribution in [0.3, 0.4) is 0 Å². The van der Waals surface area contributed by atoms with Gasteiger partial charge in [0.2, 0.25) is 17.7 Å². The average molecular weight is 1090 g/mol. The zero-order chi connectivity index (χ0) is 57.6. The van der Waals surface area contributed by atoms with Crippen LogP contribution in [-0.4, -0.2) is 87.9 Å². The van der Waals surface area contributed by atoms with Gasteiger partial charge in [-0.05, 0) is 58.2 Å². The molecule has 12 heteroatoms. The third-order valence-electron chi connectivity index (χ3n) is 15.6. The number of nitrogens with zero attached hydrogens (tertiary/aromatic N) is 3. The van der Waals surface area contributed by atoms with Crippen LogP contribution < -0.4 is 17.2 Å². The Morgan fingerprint density at radius 1 is 0.282 bits per heavy atom. The summed E-state index contributed by atoms with van der Waals surface area (Å²) >= 11 is 0. The van der Waals surface area contributed by atoms with E-state index in [2.05, 4.69) is 20.8 Å². The van der Waals surface area contributed by atoms with E-state index in [1.54, 1.807) is 0 Å². The van der Waals surface area contributed by atoms with Crippen LogP contribution in [0.15, 0.2) is 18.2 Å². The number of amides is 6. The summed E-state index contributed by atoms with van der Waals surface area (Å²) in [5.41, 5.74) is 18.2. The van der Waals surface area contributed by atoms with E-state index < -0.39 is 53.6 Å². The van der Waals surface area contributed by atoms with E-state index in [1.807, 2.05) is 0 Å². The van der Waals surface area contributed by atoms with Crippen molar-refractivity contribution in [1.29, 1.82) is 0 Å². The maximum atomic E-state index is 14.7. The van der Waals surface area contributed by atoms with E-state index >= 15 is 0 Å². The van der Waals surface area contributed by atoms with Gasteiger partial charge in [0.15, 0.2) is 0 Å². The second kappa shape index (κ2) is 48.2. The Bertz CT molecular complexity index is 1530. The molecule has 450 valence electrons. The highest BCUT2D eigenvalue weighted by Crippen LogP contribution is 2.22. The van der Waals surface area contributed by atoms with Crippen LogP contribution in [0, 0.1) is 0 Å². The molecule has 0 bridgehead atoms. The lowest BCUT2D eigenvalue weighted by Crippen LogP contribution is -2.47. The van der Waals surface area contributed by atoms with Crippen molar-refractivity contribution in [2.45, 2.75) is 329 Å². The molecule has 0 aromatic heterocycles. The summed E-state index contributed by atoms with van der Waals surface area (Å²) in [4.78, 5) is 88.7. The van der Waals surface area contributed by atoms with Crippen molar-refractivity contribution in [1.82, 2.24) is 14.7 Å². The number of nitrogens with two attached hydrogens (primary N) is 3. The molecule has 0 spiro atoms. The Morgan fingerprint density at radius 3 is 0.564 bits per heavy atom. The van der Waals surface area contributed by atoms with Crippen molar-refractivity contribution >= 4 is 35.4 Å². The third kappa shape index (κ3) is 34.0. The van der Waals surface area contributed by atoms with E-state index in [0.717, 1.165) is 91.7 Å². The van der Waals surface area contributed by atoms with Crippen LogP contribution in [0.2, 0.25) is 0 Å². The quantitative estimate of drug-likeness (QED) is 0.0533. The SMILES string of the molecule is CCCCCCCCCCCCCCCCN(C(=O)c1cc(C(=O)N(CCCCCCCCCCCCCCCC)C(=O)[C@H](C)N)cc(C(=O)N(CCCCCCCCCCCCCCCC)C(=O)[C@H](C)N)c1)C(=O)[C@H](C)N. The monoisotopic (exact) mass is 1090 g/mol. The Hall–Kier alpha value is -3.48. The largest absolute Gasteiger partial charge is 0.320 e. The summed E-state index contributed by atoms with van der Waals surface area (Å²) < 4.78 is 0. The summed E-state index contributed by atoms with van der Waals surface area (Å²) in [6.45, 7) is 11.7. The summed E-state index contributed by atoms with van der Waals surface area (Å²) in [7, 11) is 0. The van der Waals surface area contributed by atoms with E-state index in [1.165, 1.54) is 212 Å². The first kappa shape index (κ1) is 72.5. The number of imide groups is 3. The number of benzene rings is 1. The van der Waals surface area contributed by atoms with Crippen LogP contribution >= 0.6 is 0 Å². The van der Waals surface area contributed by atoms with Crippen LogP contribution in [0.4, 0.5) is 0 Å². The molecule has 0 saturated carbocycles. The number of rotatable bonds is 51. The highest BCUT2D eigenvalue weighted by molar-refractivity contribution is 6.13. The zero-order valence-corrected chi connectivity index (χ0v) is 51.3. The Labute approximate surface area is 478 Å². The van der Waals surface area contributed by atoms with Crippen molar-refractivity contribution in [3.8, 4) is 0 Å². The van der Waals surface area contributed by atoms with Crippen molar-refractivity contribution in [3.63, 3.8) is 0 Å². The molecule has 1 aromatic rings. The molecule has 0 radical (unpaired) electrons. The minimum Gasteiger partial charge on any atom is -0.320 e. The third-order valence-corrected chi connectivity index (χ3v) is 15.6. The molecule has 6 N–H and O–H groups in total. The molecule has 12 nitrogen and oxygen atoms in total. The molecular formula is C66H120N6O6. The maximum Gasteiger partial charge on any atom is 0.260 e. The Kier molecular flexibility index (Phi) is 44.9. The summed E-state index contributed by atoms with van der Waals surface area (Å²) in [5.74, 6) is -3.83. The number of carbonyl (C=O) groups excluding carboxylic acids is 6. The number of hydrogen-bond donors (Lipinski definition) is 3. The van der Waals surface area contributed by atoms with Gasteiger partial charge in [-0.3, -0.25) is 43.5 Å². The van der Waals surface area contributed by atoms with Gasteiger partial charge < -0.3 is 17.2 Å². The zero-order valence-electron chi connectivity index (χ0n) is 51.3. The van der Waals surface area contributed by atoms with E-state index in [4.69, 9.17) is 17.2 Å². The van der Waals surface area contributed by atoms with Gasteiger partial charge in [0, 0.05) is 36.3 Å². The molecule has 0 unspecified atom stereocenters. The molecule has 3 atom stereocenters. The summed E-state index contributed by atoms with van der Waals surface area (Å²) in [5, 5.41) is 0. The molecule has 0 heterocycles. The van der Waals surface area contributed by atoms with E-state index in [-0.39, 0.29) is 36.3 Å². The highest BCUT2D eigenvalue weighted by Gasteiger charge is 2.32. The highest BCUT2D eigenvalue weighted by atomic mass is 16.2. The van der Waals surface area contributed by atoms with Gasteiger partial charge in [0.25, 0.3) is 17.7 Å². The number of unbranched alkanes of at least 4 members (excludes halogenated alkanes) is 39. The fourth-order valence-corrected chi connectivity index (χ4v) is 10.5. The smallest absolute Gasteiger partial charge is 0.260 e. The number of carbonyl (C=O) groups is 6. The lowest BCUT2D eigenvalue weighted by Gasteiger charge is -2.26. The second-order valence-corrected chi connectivity index (χ2v) is 23.3. The Balaban J connectivity index is 3.30. The fourth-order valence-electron chi connectivity index (χ4n) is 10.5. The number of hydrogen-bond acceptors (Lipinski definition) is 9. The molecule has 1 aromatic carbocycles. The first-order valence-corrected chi connectivity index (χ1v) is 32.7. The van der Waals surface area contributed by atoms with Gasteiger partial charge in [0.1, 0.15) is 0 Å². The van der Waals surface area contributed by atoms with Gasteiger partial charge in [-0.2, -0.15) is 0 Å². The predicted molar refractivity (Wildman–Crippen MR) is 326 cm³/mol. The lowest BCUT2D eigenvalue weighted by atomic mass is 10.0. The van der Waals surface area contributed by atoms with Gasteiger partial charge in [0.05, 0.1) is 18.1 Å². The van der Waals surface area contributed by atoms with Crippen molar-refractivity contribution in [3.05, 3.63) is 34.9 Å². The average Bonchev–Trinajstić information content (AvgIpc) is 3.43. The summed E-state index contributed by atoms with van der Waals surface area (Å²) in [6.07, 6.45) is 48.7. The van der Waals surface area contributed by atoms with Crippen LogP contribution in [0.1, 0.15) is 342 Å². The topological polar surface area (TPSA) is 190 Å². The molecule has 6 amide bonds. The molecule has 78 heavy (non-hydrogen) atoms. The summed E-state index contributed by atoms with van der Waals surface area (Å²) in [6, 6.07) is 1.10. The van der Waals surface area contributed by atoms with Crippen molar-refractivity contribution in [2.24, 2.45) is 17.2 Å². The van der Waals surface area contributed by atoms with Gasteiger partial charge >= 0.3 is 0 Å². The fraction of sp³-hybridized carbons (Fsp3) is 0.818. The van der Waals surface area contributed by atoms with Gasteiger partial charge in [-0.15, -0.1) is 0 Å². The van der Waals surface area contributed by atoms with Crippen LogP contribution in [-0.2, 0) is 14.4 Å². The molecule has 0 aliphatic carbocycles. The normalized spacial score (nSPS) is 12.6. The molecule has 0 aliphatic rings.